The normalized spacial score (nSPS) is 13.2. The lowest BCUT2D eigenvalue weighted by Gasteiger charge is -2.11. The van der Waals surface area contributed by atoms with E-state index in [9.17, 15) is 14.7 Å². The van der Waals surface area contributed by atoms with Gasteiger partial charge in [-0.3, -0.25) is 0 Å². The molecule has 0 aliphatic heterocycles. The average molecular weight is 527 g/mol. The molecular weight excluding hydrogens is 500 g/mol. The van der Waals surface area contributed by atoms with Gasteiger partial charge < -0.3 is 28.8 Å². The fourth-order valence-electron chi connectivity index (χ4n) is 4.70. The number of aromatic hydroxyl groups is 1. The van der Waals surface area contributed by atoms with E-state index in [0.29, 0.717) is 28.6 Å². The molecule has 0 fully saturated rings. The van der Waals surface area contributed by atoms with Crippen LogP contribution in [0.25, 0.3) is 11.1 Å². The first-order valence-corrected chi connectivity index (χ1v) is 12.1. The average Bonchev–Trinajstić information content (AvgIpc) is 3.22. The molecule has 1 atom stereocenters. The lowest BCUT2D eigenvalue weighted by Crippen LogP contribution is -2.09. The van der Waals surface area contributed by atoms with Crippen molar-refractivity contribution in [1.82, 2.24) is 0 Å². The van der Waals surface area contributed by atoms with E-state index in [2.05, 4.69) is 0 Å². The highest BCUT2D eigenvalue weighted by atomic mass is 16.5. The summed E-state index contributed by atoms with van der Waals surface area (Å²) in [6.07, 6.45) is 0. The van der Waals surface area contributed by atoms with Crippen molar-refractivity contribution in [1.29, 1.82) is 0 Å². The van der Waals surface area contributed by atoms with E-state index >= 15 is 0 Å². The van der Waals surface area contributed by atoms with Crippen LogP contribution in [-0.2, 0) is 0 Å². The molecule has 1 unspecified atom stereocenters. The first-order chi connectivity index (χ1) is 18.8. The summed E-state index contributed by atoms with van der Waals surface area (Å²) < 4.78 is 26.8. The van der Waals surface area contributed by atoms with Gasteiger partial charge >= 0.3 is 11.9 Å². The van der Waals surface area contributed by atoms with Crippen LogP contribution in [0.15, 0.2) is 72.8 Å². The minimum absolute atomic E-state index is 0.0292. The van der Waals surface area contributed by atoms with Crippen molar-refractivity contribution in [3.63, 3.8) is 0 Å². The van der Waals surface area contributed by atoms with E-state index in [1.807, 2.05) is 31.2 Å². The molecule has 198 valence electrons. The number of phenols is 1. The first-order valence-electron chi connectivity index (χ1n) is 12.1. The van der Waals surface area contributed by atoms with Gasteiger partial charge in [0, 0.05) is 5.92 Å². The minimum Gasteiger partial charge on any atom is -0.504 e. The molecular formula is C31H26O8. The number of benzene rings is 4. The summed E-state index contributed by atoms with van der Waals surface area (Å²) in [6, 6.07) is 20.2. The predicted molar refractivity (Wildman–Crippen MR) is 144 cm³/mol. The van der Waals surface area contributed by atoms with Gasteiger partial charge in [0.2, 0.25) is 0 Å². The predicted octanol–water partition coefficient (Wildman–Crippen LogP) is 5.99. The molecule has 0 spiro atoms. The number of carbonyl (C=O) groups is 2. The molecule has 0 heterocycles. The molecule has 0 radical (unpaired) electrons. The van der Waals surface area contributed by atoms with Crippen molar-refractivity contribution in [2.45, 2.75) is 12.8 Å². The standard InChI is InChI=1S/C31H26O8/c1-17-24-15-20(38-30(33)18-5-11-27(35-2)26(32)13-18)7-9-22(24)23-10-8-21(16-25(17)23)39-31(34)19-6-12-28(36-3)29(14-19)37-4/h5-17,32H,1-4H3. The zero-order valence-corrected chi connectivity index (χ0v) is 21.8. The Morgan fingerprint density at radius 1 is 0.615 bits per heavy atom. The topological polar surface area (TPSA) is 101 Å². The molecule has 5 rings (SSSR count). The Kier molecular flexibility index (Phi) is 6.85. The molecule has 0 aromatic heterocycles. The van der Waals surface area contributed by atoms with Crippen LogP contribution in [0.2, 0.25) is 0 Å². The number of methoxy groups -OCH3 is 3. The summed E-state index contributed by atoms with van der Waals surface area (Å²) in [5.41, 5.74) is 4.54. The van der Waals surface area contributed by atoms with E-state index in [1.165, 1.54) is 39.5 Å². The molecule has 1 aliphatic carbocycles. The van der Waals surface area contributed by atoms with Crippen molar-refractivity contribution in [3.05, 3.63) is 95.1 Å². The van der Waals surface area contributed by atoms with Gasteiger partial charge in [-0.25, -0.2) is 9.59 Å². The van der Waals surface area contributed by atoms with Gasteiger partial charge in [-0.1, -0.05) is 19.1 Å². The highest BCUT2D eigenvalue weighted by molar-refractivity contribution is 5.93. The van der Waals surface area contributed by atoms with Gasteiger partial charge in [0.25, 0.3) is 0 Å². The number of fused-ring (bicyclic) bond motifs is 3. The van der Waals surface area contributed by atoms with Crippen molar-refractivity contribution < 1.29 is 38.4 Å². The maximum atomic E-state index is 12.8. The van der Waals surface area contributed by atoms with E-state index in [4.69, 9.17) is 23.7 Å². The van der Waals surface area contributed by atoms with Crippen LogP contribution in [0.5, 0.6) is 34.5 Å². The van der Waals surface area contributed by atoms with Crippen LogP contribution in [0, 0.1) is 0 Å². The summed E-state index contributed by atoms with van der Waals surface area (Å²) in [6.45, 7) is 2.04. The molecule has 8 nitrogen and oxygen atoms in total. The number of rotatable bonds is 7. The number of phenolic OH excluding ortho intramolecular Hbond substituents is 1. The summed E-state index contributed by atoms with van der Waals surface area (Å²) in [5, 5.41) is 9.98. The smallest absolute Gasteiger partial charge is 0.343 e. The second-order valence-electron chi connectivity index (χ2n) is 8.96. The molecule has 4 aromatic carbocycles. The third-order valence-corrected chi connectivity index (χ3v) is 6.72. The molecule has 8 heteroatoms. The third-order valence-electron chi connectivity index (χ3n) is 6.72. The van der Waals surface area contributed by atoms with Gasteiger partial charge in [0.15, 0.2) is 23.0 Å². The Bertz CT molecular complexity index is 1590. The second-order valence-corrected chi connectivity index (χ2v) is 8.96. The SMILES string of the molecule is COc1ccc(C(=O)Oc2ccc3c(c2)C(C)c2cc(OC(=O)c4ccc(OC)c(OC)c4)ccc2-3)cc1O. The van der Waals surface area contributed by atoms with E-state index in [-0.39, 0.29) is 23.0 Å². The van der Waals surface area contributed by atoms with Crippen LogP contribution in [0.4, 0.5) is 0 Å². The minimum atomic E-state index is -0.597. The number of hydrogen-bond donors (Lipinski definition) is 1. The van der Waals surface area contributed by atoms with Gasteiger partial charge in [0.1, 0.15) is 11.5 Å². The highest BCUT2D eigenvalue weighted by Crippen LogP contribution is 2.47. The maximum absolute atomic E-state index is 12.8. The van der Waals surface area contributed by atoms with Crippen molar-refractivity contribution >= 4 is 11.9 Å². The Morgan fingerprint density at radius 3 is 1.59 bits per heavy atom. The van der Waals surface area contributed by atoms with Crippen LogP contribution in [0.3, 0.4) is 0 Å². The Labute approximate surface area is 225 Å². The lowest BCUT2D eigenvalue weighted by atomic mass is 9.99. The molecule has 39 heavy (non-hydrogen) atoms. The largest absolute Gasteiger partial charge is 0.504 e. The molecule has 1 N–H and O–H groups in total. The highest BCUT2D eigenvalue weighted by Gasteiger charge is 2.27. The molecule has 0 saturated heterocycles. The number of hydrogen-bond acceptors (Lipinski definition) is 8. The van der Waals surface area contributed by atoms with Crippen molar-refractivity contribution in [2.75, 3.05) is 21.3 Å². The summed E-state index contributed by atoms with van der Waals surface area (Å²) in [7, 11) is 4.46. The Morgan fingerprint density at radius 2 is 1.10 bits per heavy atom. The molecule has 0 bridgehead atoms. The summed E-state index contributed by atoms with van der Waals surface area (Å²) >= 11 is 0. The van der Waals surface area contributed by atoms with Crippen LogP contribution in [0.1, 0.15) is 44.7 Å². The van der Waals surface area contributed by atoms with E-state index in [0.717, 1.165) is 22.3 Å². The number of ether oxygens (including phenoxy) is 5. The van der Waals surface area contributed by atoms with Crippen LogP contribution < -0.4 is 23.7 Å². The zero-order chi connectivity index (χ0) is 27.7. The van der Waals surface area contributed by atoms with Crippen LogP contribution in [-0.4, -0.2) is 38.4 Å². The number of esters is 2. The van der Waals surface area contributed by atoms with Gasteiger partial charge in [-0.2, -0.15) is 0 Å². The molecule has 1 aliphatic rings. The van der Waals surface area contributed by atoms with E-state index < -0.39 is 11.9 Å². The Balaban J connectivity index is 1.34. The third kappa shape index (κ3) is 4.84. The monoisotopic (exact) mass is 526 g/mol. The van der Waals surface area contributed by atoms with Gasteiger partial charge in [-0.05, 0) is 82.9 Å². The van der Waals surface area contributed by atoms with E-state index in [1.54, 1.807) is 30.3 Å². The summed E-state index contributed by atoms with van der Waals surface area (Å²) in [5.74, 6) is 0.734. The van der Waals surface area contributed by atoms with Crippen LogP contribution >= 0.6 is 0 Å². The number of carbonyl (C=O) groups excluding carboxylic acids is 2. The fourth-order valence-corrected chi connectivity index (χ4v) is 4.70. The van der Waals surface area contributed by atoms with Gasteiger partial charge in [0.05, 0.1) is 32.5 Å². The zero-order valence-electron chi connectivity index (χ0n) is 21.8. The first kappa shape index (κ1) is 25.7. The fraction of sp³-hybridized carbons (Fsp3) is 0.161. The molecule has 4 aromatic rings. The van der Waals surface area contributed by atoms with Crippen molar-refractivity contribution in [3.8, 4) is 45.6 Å². The Hall–Kier alpha value is -4.98. The second kappa shape index (κ2) is 10.4. The molecule has 0 amide bonds. The lowest BCUT2D eigenvalue weighted by molar-refractivity contribution is 0.0724. The maximum Gasteiger partial charge on any atom is 0.343 e. The van der Waals surface area contributed by atoms with Crippen molar-refractivity contribution in [2.24, 2.45) is 0 Å². The molecule has 0 saturated carbocycles. The summed E-state index contributed by atoms with van der Waals surface area (Å²) in [4.78, 5) is 25.5. The van der Waals surface area contributed by atoms with Gasteiger partial charge in [-0.15, -0.1) is 0 Å². The quantitative estimate of drug-likeness (QED) is 0.232.